The second kappa shape index (κ2) is 4.24. The van der Waals surface area contributed by atoms with Crippen molar-refractivity contribution in [2.24, 2.45) is 5.92 Å². The van der Waals surface area contributed by atoms with Gasteiger partial charge in [0.05, 0.1) is 5.60 Å². The fourth-order valence-corrected chi connectivity index (χ4v) is 1.58. The Bertz CT molecular complexity index is 122. The van der Waals surface area contributed by atoms with Gasteiger partial charge in [-0.2, -0.15) is 0 Å². The van der Waals surface area contributed by atoms with Crippen LogP contribution in [-0.4, -0.2) is 25.3 Å². The lowest BCUT2D eigenvalue weighted by Crippen LogP contribution is -2.44. The molecule has 0 aromatic rings. The van der Waals surface area contributed by atoms with E-state index in [4.69, 9.17) is 4.74 Å². The predicted octanol–water partition coefficient (Wildman–Crippen LogP) is 1.80. The minimum absolute atomic E-state index is 0.0997. The monoisotopic (exact) mass is 171 g/mol. The summed E-state index contributed by atoms with van der Waals surface area (Å²) >= 11 is 0. The fraction of sp³-hybridized carbons (Fsp3) is 1.00. The van der Waals surface area contributed by atoms with Crippen LogP contribution < -0.4 is 5.32 Å². The van der Waals surface area contributed by atoms with Gasteiger partial charge in [-0.25, -0.2) is 0 Å². The van der Waals surface area contributed by atoms with Crippen molar-refractivity contribution in [1.29, 1.82) is 0 Å². The molecule has 2 heteroatoms. The minimum atomic E-state index is 0.0997. The average molecular weight is 171 g/mol. The van der Waals surface area contributed by atoms with E-state index in [0.717, 1.165) is 25.6 Å². The Morgan fingerprint density at radius 1 is 1.58 bits per heavy atom. The molecule has 1 heterocycles. The summed E-state index contributed by atoms with van der Waals surface area (Å²) in [4.78, 5) is 0. The Morgan fingerprint density at radius 3 is 2.83 bits per heavy atom. The summed E-state index contributed by atoms with van der Waals surface area (Å²) in [7, 11) is 0. The van der Waals surface area contributed by atoms with Crippen LogP contribution in [0.5, 0.6) is 0 Å². The van der Waals surface area contributed by atoms with E-state index in [1.807, 2.05) is 0 Å². The van der Waals surface area contributed by atoms with Crippen LogP contribution >= 0.6 is 0 Å². The Kier molecular flexibility index (Phi) is 3.53. The number of hydrogen-bond acceptors (Lipinski definition) is 2. The van der Waals surface area contributed by atoms with Gasteiger partial charge in [-0.05, 0) is 32.2 Å². The van der Waals surface area contributed by atoms with E-state index >= 15 is 0 Å². The first-order valence-electron chi connectivity index (χ1n) is 5.01. The lowest BCUT2D eigenvalue weighted by atomic mass is 9.91. The second-order valence-corrected chi connectivity index (χ2v) is 4.19. The Balaban J connectivity index is 2.29. The molecule has 2 nitrogen and oxygen atoms in total. The van der Waals surface area contributed by atoms with Crippen molar-refractivity contribution in [1.82, 2.24) is 5.32 Å². The summed E-state index contributed by atoms with van der Waals surface area (Å²) in [5.41, 5.74) is 0.0997. The van der Waals surface area contributed by atoms with E-state index in [1.54, 1.807) is 0 Å². The average Bonchev–Trinajstić information content (AvgIpc) is 2.08. The molecular weight excluding hydrogens is 150 g/mol. The molecule has 1 aliphatic rings. The summed E-state index contributed by atoms with van der Waals surface area (Å²) in [6.45, 7) is 9.57. The predicted molar refractivity (Wildman–Crippen MR) is 51.3 cm³/mol. The van der Waals surface area contributed by atoms with Crippen molar-refractivity contribution in [3.05, 3.63) is 0 Å². The molecular formula is C10H21NO. The summed E-state index contributed by atoms with van der Waals surface area (Å²) in [5, 5.41) is 3.35. The van der Waals surface area contributed by atoms with Crippen LogP contribution in [-0.2, 0) is 4.74 Å². The maximum absolute atomic E-state index is 5.82. The zero-order valence-electron chi connectivity index (χ0n) is 8.52. The fourth-order valence-electron chi connectivity index (χ4n) is 1.58. The van der Waals surface area contributed by atoms with Gasteiger partial charge in [-0.15, -0.1) is 0 Å². The second-order valence-electron chi connectivity index (χ2n) is 4.19. The smallest absolute Gasteiger partial charge is 0.0778 e. The van der Waals surface area contributed by atoms with Gasteiger partial charge in [-0.1, -0.05) is 13.8 Å². The van der Waals surface area contributed by atoms with E-state index < -0.39 is 0 Å². The minimum Gasteiger partial charge on any atom is -0.374 e. The van der Waals surface area contributed by atoms with E-state index in [1.165, 1.54) is 12.8 Å². The molecule has 2 atom stereocenters. The van der Waals surface area contributed by atoms with Gasteiger partial charge in [-0.3, -0.25) is 0 Å². The van der Waals surface area contributed by atoms with Gasteiger partial charge in [0.1, 0.15) is 0 Å². The molecule has 0 radical (unpaired) electrons. The molecule has 72 valence electrons. The van der Waals surface area contributed by atoms with Gasteiger partial charge < -0.3 is 10.1 Å². The highest BCUT2D eigenvalue weighted by atomic mass is 16.5. The number of nitrogens with one attached hydrogen (secondary N) is 1. The molecule has 12 heavy (non-hydrogen) atoms. The SMILES string of the molecule is CCNCC1(C)CCC(C)CO1. The lowest BCUT2D eigenvalue weighted by molar-refractivity contribution is -0.0831. The van der Waals surface area contributed by atoms with Gasteiger partial charge in [0, 0.05) is 13.2 Å². The molecule has 1 fully saturated rings. The maximum Gasteiger partial charge on any atom is 0.0778 e. The van der Waals surface area contributed by atoms with Crippen molar-refractivity contribution in [2.45, 2.75) is 39.2 Å². The van der Waals surface area contributed by atoms with E-state index in [-0.39, 0.29) is 5.60 Å². The van der Waals surface area contributed by atoms with E-state index in [0.29, 0.717) is 0 Å². The molecule has 1 aliphatic heterocycles. The van der Waals surface area contributed by atoms with Crippen molar-refractivity contribution < 1.29 is 4.74 Å². The van der Waals surface area contributed by atoms with Gasteiger partial charge in [0.15, 0.2) is 0 Å². The van der Waals surface area contributed by atoms with Crippen molar-refractivity contribution in [3.63, 3.8) is 0 Å². The van der Waals surface area contributed by atoms with Crippen LogP contribution in [0.3, 0.4) is 0 Å². The molecule has 0 spiro atoms. The third-order valence-electron chi connectivity index (χ3n) is 2.63. The van der Waals surface area contributed by atoms with Crippen LogP contribution in [0, 0.1) is 5.92 Å². The number of ether oxygens (including phenoxy) is 1. The standard InChI is InChI=1S/C10H21NO/c1-4-11-8-10(3)6-5-9(2)7-12-10/h9,11H,4-8H2,1-3H3. The molecule has 1 N–H and O–H groups in total. The summed E-state index contributed by atoms with van der Waals surface area (Å²) in [6.07, 6.45) is 2.50. The van der Waals surface area contributed by atoms with Crippen molar-refractivity contribution >= 4 is 0 Å². The Labute approximate surface area is 75.7 Å². The zero-order chi connectivity index (χ0) is 9.03. The first kappa shape index (κ1) is 10.0. The zero-order valence-corrected chi connectivity index (χ0v) is 8.52. The number of likely N-dealkylation sites (N-methyl/N-ethyl adjacent to an activating group) is 1. The quantitative estimate of drug-likeness (QED) is 0.699. The number of rotatable bonds is 3. The highest BCUT2D eigenvalue weighted by Gasteiger charge is 2.29. The van der Waals surface area contributed by atoms with Crippen LogP contribution in [0.2, 0.25) is 0 Å². The molecule has 1 rings (SSSR count). The van der Waals surface area contributed by atoms with Gasteiger partial charge >= 0.3 is 0 Å². The molecule has 0 aliphatic carbocycles. The van der Waals surface area contributed by atoms with Crippen LogP contribution in [0.1, 0.15) is 33.6 Å². The molecule has 2 unspecified atom stereocenters. The highest BCUT2D eigenvalue weighted by molar-refractivity contribution is 4.82. The molecule has 0 amide bonds. The maximum atomic E-state index is 5.82. The third-order valence-corrected chi connectivity index (χ3v) is 2.63. The summed E-state index contributed by atoms with van der Waals surface area (Å²) < 4.78 is 5.82. The van der Waals surface area contributed by atoms with Crippen LogP contribution in [0.15, 0.2) is 0 Å². The van der Waals surface area contributed by atoms with Crippen molar-refractivity contribution in [2.75, 3.05) is 19.7 Å². The number of hydrogen-bond donors (Lipinski definition) is 1. The molecule has 0 saturated carbocycles. The van der Waals surface area contributed by atoms with E-state index in [2.05, 4.69) is 26.1 Å². The molecule has 0 aromatic heterocycles. The highest BCUT2D eigenvalue weighted by Crippen LogP contribution is 2.26. The lowest BCUT2D eigenvalue weighted by Gasteiger charge is -2.36. The first-order valence-corrected chi connectivity index (χ1v) is 5.01. The van der Waals surface area contributed by atoms with Gasteiger partial charge in [0.25, 0.3) is 0 Å². The normalized spacial score (nSPS) is 36.8. The summed E-state index contributed by atoms with van der Waals surface area (Å²) in [5.74, 6) is 0.750. The van der Waals surface area contributed by atoms with E-state index in [9.17, 15) is 0 Å². The van der Waals surface area contributed by atoms with Crippen LogP contribution in [0.4, 0.5) is 0 Å². The van der Waals surface area contributed by atoms with Crippen molar-refractivity contribution in [3.8, 4) is 0 Å². The molecule has 0 aromatic carbocycles. The van der Waals surface area contributed by atoms with Gasteiger partial charge in [0.2, 0.25) is 0 Å². The largest absolute Gasteiger partial charge is 0.374 e. The first-order chi connectivity index (χ1) is 5.66. The Morgan fingerprint density at radius 2 is 2.33 bits per heavy atom. The summed E-state index contributed by atoms with van der Waals surface area (Å²) in [6, 6.07) is 0. The molecule has 1 saturated heterocycles. The van der Waals surface area contributed by atoms with Crippen LogP contribution in [0.25, 0.3) is 0 Å². The third kappa shape index (κ3) is 2.76. The Hall–Kier alpha value is -0.0800. The molecule has 0 bridgehead atoms. The topological polar surface area (TPSA) is 21.3 Å².